The fraction of sp³-hybridized carbons (Fsp3) is 0.767. The Hall–Kier alpha value is -2.15. The molecule has 7 heteroatoms. The summed E-state index contributed by atoms with van der Waals surface area (Å²) in [6, 6.07) is 0. The molecule has 0 saturated heterocycles. The van der Waals surface area contributed by atoms with Crippen LogP contribution in [0.5, 0.6) is 0 Å². The number of carboxylic acid groups (broad SMARTS) is 1. The van der Waals surface area contributed by atoms with Gasteiger partial charge in [0.05, 0.1) is 6.61 Å². The first-order valence-corrected chi connectivity index (χ1v) is 13.7. The summed E-state index contributed by atoms with van der Waals surface area (Å²) >= 11 is 0. The van der Waals surface area contributed by atoms with E-state index in [0.717, 1.165) is 17.6 Å². The van der Waals surface area contributed by atoms with Crippen molar-refractivity contribution in [1.82, 2.24) is 0 Å². The second-order valence-corrected chi connectivity index (χ2v) is 12.6. The standard InChI is InChI=1S/C30H48O7/c1-18(2)13-26(34)36-23-16-21(6)22(10-9-20(5)15-25(32)33)29(7)12-11-24(30(8,17-31)28(23)29)37-27(35)14-19(3)4/h15,18-19,23-24,28,31H,9-14,16-17H2,1-8H3,(H,32,33)/b20-15+/t23-,24-,28-,29-,30+/m1/s1. The van der Waals surface area contributed by atoms with Crippen LogP contribution in [0.4, 0.5) is 0 Å². The molecule has 0 amide bonds. The maximum absolute atomic E-state index is 12.8. The molecular formula is C30H48O7. The molecule has 2 N–H and O–H groups in total. The Morgan fingerprint density at radius 1 is 1.05 bits per heavy atom. The number of rotatable bonds is 11. The fourth-order valence-corrected chi connectivity index (χ4v) is 6.75. The lowest BCUT2D eigenvalue weighted by Crippen LogP contribution is -2.61. The summed E-state index contributed by atoms with van der Waals surface area (Å²) in [7, 11) is 0. The summed E-state index contributed by atoms with van der Waals surface area (Å²) in [6.07, 6.45) is 4.12. The van der Waals surface area contributed by atoms with E-state index in [0.29, 0.717) is 38.5 Å². The molecule has 7 nitrogen and oxygen atoms in total. The molecule has 0 aromatic carbocycles. The Balaban J connectivity index is 2.50. The third-order valence-corrected chi connectivity index (χ3v) is 8.33. The largest absolute Gasteiger partial charge is 0.478 e. The molecule has 1 fully saturated rings. The van der Waals surface area contributed by atoms with Gasteiger partial charge in [-0.15, -0.1) is 0 Å². The van der Waals surface area contributed by atoms with E-state index < -0.39 is 29.0 Å². The number of carboxylic acids is 1. The van der Waals surface area contributed by atoms with E-state index in [1.54, 1.807) is 0 Å². The van der Waals surface area contributed by atoms with Gasteiger partial charge in [-0.3, -0.25) is 9.59 Å². The molecule has 1 saturated carbocycles. The van der Waals surface area contributed by atoms with E-state index in [4.69, 9.17) is 14.6 Å². The molecule has 0 bridgehead atoms. The number of hydrogen-bond acceptors (Lipinski definition) is 6. The predicted molar refractivity (Wildman–Crippen MR) is 143 cm³/mol. The quantitative estimate of drug-likeness (QED) is 0.200. The highest BCUT2D eigenvalue weighted by molar-refractivity contribution is 5.80. The lowest BCUT2D eigenvalue weighted by molar-refractivity contribution is -0.200. The van der Waals surface area contributed by atoms with Gasteiger partial charge in [0.1, 0.15) is 12.2 Å². The third-order valence-electron chi connectivity index (χ3n) is 8.33. The normalized spacial score (nSPS) is 30.4. The van der Waals surface area contributed by atoms with E-state index in [9.17, 15) is 19.5 Å². The Bertz CT molecular complexity index is 915. The molecule has 0 aliphatic heterocycles. The van der Waals surface area contributed by atoms with E-state index in [-0.39, 0.29) is 36.3 Å². The minimum absolute atomic E-state index is 0.166. The van der Waals surface area contributed by atoms with Gasteiger partial charge in [0.25, 0.3) is 0 Å². The second kappa shape index (κ2) is 12.6. The number of hydrogen-bond donors (Lipinski definition) is 2. The highest BCUT2D eigenvalue weighted by Gasteiger charge is 2.61. The molecule has 0 aromatic rings. The van der Waals surface area contributed by atoms with E-state index in [1.807, 2.05) is 41.5 Å². The van der Waals surface area contributed by atoms with Crippen LogP contribution < -0.4 is 0 Å². The molecule has 2 aliphatic rings. The Kier molecular flexibility index (Phi) is 10.6. The van der Waals surface area contributed by atoms with Gasteiger partial charge >= 0.3 is 17.9 Å². The van der Waals surface area contributed by atoms with E-state index >= 15 is 0 Å². The molecule has 2 aliphatic carbocycles. The van der Waals surface area contributed by atoms with Crippen LogP contribution in [0.3, 0.4) is 0 Å². The first-order valence-electron chi connectivity index (χ1n) is 13.7. The molecular weight excluding hydrogens is 472 g/mol. The first-order chi connectivity index (χ1) is 17.1. The summed E-state index contributed by atoms with van der Waals surface area (Å²) in [6.45, 7) is 15.7. The molecule has 5 atom stereocenters. The van der Waals surface area contributed by atoms with Gasteiger partial charge in [-0.05, 0) is 56.8 Å². The number of fused-ring (bicyclic) bond motifs is 1. The molecule has 0 unspecified atom stereocenters. The Morgan fingerprint density at radius 3 is 2.14 bits per heavy atom. The second-order valence-electron chi connectivity index (χ2n) is 12.6. The van der Waals surface area contributed by atoms with Crippen LogP contribution in [0, 0.1) is 28.6 Å². The minimum Gasteiger partial charge on any atom is -0.478 e. The van der Waals surface area contributed by atoms with Crippen LogP contribution in [-0.4, -0.2) is 46.9 Å². The number of ether oxygens (including phenoxy) is 2. The predicted octanol–water partition coefficient (Wildman–Crippen LogP) is 5.85. The molecule has 0 radical (unpaired) electrons. The number of allylic oxidation sites excluding steroid dienone is 2. The van der Waals surface area contributed by atoms with Crippen molar-refractivity contribution in [3.8, 4) is 0 Å². The van der Waals surface area contributed by atoms with Crippen molar-refractivity contribution in [2.24, 2.45) is 28.6 Å². The van der Waals surface area contributed by atoms with Crippen LogP contribution >= 0.6 is 0 Å². The van der Waals surface area contributed by atoms with Crippen LogP contribution in [0.1, 0.15) is 100 Å². The average molecular weight is 521 g/mol. The van der Waals surface area contributed by atoms with Crippen LogP contribution in [0.2, 0.25) is 0 Å². The molecule has 0 heterocycles. The number of carbonyl (C=O) groups is 3. The van der Waals surface area contributed by atoms with Crippen LogP contribution in [-0.2, 0) is 23.9 Å². The fourth-order valence-electron chi connectivity index (χ4n) is 6.75. The zero-order chi connectivity index (χ0) is 28.1. The van der Waals surface area contributed by atoms with Gasteiger partial charge < -0.3 is 19.7 Å². The molecule has 37 heavy (non-hydrogen) atoms. The zero-order valence-corrected chi connectivity index (χ0v) is 24.1. The summed E-state index contributed by atoms with van der Waals surface area (Å²) in [5.41, 5.74) is 1.98. The van der Waals surface area contributed by atoms with Crippen LogP contribution in [0.15, 0.2) is 22.8 Å². The van der Waals surface area contributed by atoms with Crippen molar-refractivity contribution in [2.45, 2.75) is 113 Å². The van der Waals surface area contributed by atoms with Gasteiger partial charge in [0.15, 0.2) is 0 Å². The van der Waals surface area contributed by atoms with Gasteiger partial charge in [-0.1, -0.05) is 58.3 Å². The summed E-state index contributed by atoms with van der Waals surface area (Å²) in [5, 5.41) is 20.0. The molecule has 0 spiro atoms. The minimum atomic E-state index is -0.954. The van der Waals surface area contributed by atoms with Gasteiger partial charge in [0, 0.05) is 36.7 Å². The van der Waals surface area contributed by atoms with Gasteiger partial charge in [-0.25, -0.2) is 4.79 Å². The van der Waals surface area contributed by atoms with Gasteiger partial charge in [-0.2, -0.15) is 0 Å². The monoisotopic (exact) mass is 520 g/mol. The highest BCUT2D eigenvalue weighted by atomic mass is 16.6. The topological polar surface area (TPSA) is 110 Å². The Labute approximate surface area is 222 Å². The molecule has 210 valence electrons. The van der Waals surface area contributed by atoms with Crippen molar-refractivity contribution < 1.29 is 34.1 Å². The smallest absolute Gasteiger partial charge is 0.328 e. The van der Waals surface area contributed by atoms with E-state index in [1.165, 1.54) is 11.6 Å². The lowest BCUT2D eigenvalue weighted by Gasteiger charge is -2.60. The van der Waals surface area contributed by atoms with Crippen molar-refractivity contribution in [3.05, 3.63) is 22.8 Å². The Morgan fingerprint density at radius 2 is 1.62 bits per heavy atom. The van der Waals surface area contributed by atoms with Crippen molar-refractivity contribution in [1.29, 1.82) is 0 Å². The van der Waals surface area contributed by atoms with Crippen molar-refractivity contribution in [2.75, 3.05) is 6.61 Å². The SMILES string of the molecule is CC1=C(CC/C(C)=C/C(=O)O)[C@@]2(C)CC[C@@H](OC(=O)CC(C)C)[C@](C)(CO)[C@@H]2[C@H](OC(=O)CC(C)C)C1. The summed E-state index contributed by atoms with van der Waals surface area (Å²) in [5.74, 6) is -1.40. The number of aliphatic carboxylic acids is 1. The molecule has 2 rings (SSSR count). The van der Waals surface area contributed by atoms with Gasteiger partial charge in [0.2, 0.25) is 0 Å². The van der Waals surface area contributed by atoms with Crippen molar-refractivity contribution in [3.63, 3.8) is 0 Å². The maximum Gasteiger partial charge on any atom is 0.328 e. The number of aliphatic hydroxyl groups is 1. The first kappa shape index (κ1) is 31.1. The highest BCUT2D eigenvalue weighted by Crippen LogP contribution is 2.61. The lowest BCUT2D eigenvalue weighted by atomic mass is 9.47. The zero-order valence-electron chi connectivity index (χ0n) is 24.1. The third kappa shape index (κ3) is 7.46. The summed E-state index contributed by atoms with van der Waals surface area (Å²) in [4.78, 5) is 36.7. The summed E-state index contributed by atoms with van der Waals surface area (Å²) < 4.78 is 12.1. The van der Waals surface area contributed by atoms with Crippen LogP contribution in [0.25, 0.3) is 0 Å². The maximum atomic E-state index is 12.8. The molecule has 0 aromatic heterocycles. The van der Waals surface area contributed by atoms with Crippen molar-refractivity contribution >= 4 is 17.9 Å². The number of esters is 2. The average Bonchev–Trinajstić information content (AvgIpc) is 2.73. The number of carbonyl (C=O) groups excluding carboxylic acids is 2. The number of aliphatic hydroxyl groups excluding tert-OH is 1. The van der Waals surface area contributed by atoms with E-state index in [2.05, 4.69) is 13.8 Å².